The highest BCUT2D eigenvalue weighted by atomic mass is 16.4. The van der Waals surface area contributed by atoms with Gasteiger partial charge in [0, 0.05) is 13.3 Å². The summed E-state index contributed by atoms with van der Waals surface area (Å²) in [4.78, 5) is 22.0. The quantitative estimate of drug-likeness (QED) is 0.829. The highest BCUT2D eigenvalue weighted by Crippen LogP contribution is 2.15. The lowest BCUT2D eigenvalue weighted by molar-refractivity contribution is -0.141. The second kappa shape index (κ2) is 5.48. The van der Waals surface area contributed by atoms with Gasteiger partial charge in [0.05, 0.1) is 0 Å². The fraction of sp³-hybridized carbons (Fsp3) is 0.385. The molecule has 0 aliphatic heterocycles. The van der Waals surface area contributed by atoms with Crippen LogP contribution in [0, 0.1) is 13.8 Å². The summed E-state index contributed by atoms with van der Waals surface area (Å²) in [5, 5.41) is 11.5. The van der Waals surface area contributed by atoms with Crippen LogP contribution in [0.25, 0.3) is 0 Å². The summed E-state index contributed by atoms with van der Waals surface area (Å²) in [7, 11) is 0. The van der Waals surface area contributed by atoms with E-state index in [1.807, 2.05) is 32.0 Å². The van der Waals surface area contributed by atoms with Crippen molar-refractivity contribution in [1.82, 2.24) is 5.32 Å². The molecule has 1 atom stereocenters. The molecule has 0 radical (unpaired) electrons. The number of hydrogen-bond acceptors (Lipinski definition) is 2. The summed E-state index contributed by atoms with van der Waals surface area (Å²) < 4.78 is 0. The first-order valence-electron chi connectivity index (χ1n) is 5.47. The summed E-state index contributed by atoms with van der Waals surface area (Å²) in [5.74, 6) is -1.34. The Hall–Kier alpha value is -1.84. The standard InChI is InChI=1S/C13H17NO3/c1-8-5-4-6-9(2)11(8)7-12(13(16)17)14-10(3)15/h4-6,12H,7H2,1-3H3,(H,14,15)(H,16,17)/t12-/m1/s1. The molecule has 0 saturated heterocycles. The van der Waals surface area contributed by atoms with Gasteiger partial charge in [-0.05, 0) is 30.5 Å². The lowest BCUT2D eigenvalue weighted by atomic mass is 9.96. The molecule has 0 saturated carbocycles. The van der Waals surface area contributed by atoms with Crippen molar-refractivity contribution in [1.29, 1.82) is 0 Å². The second-order valence-corrected chi connectivity index (χ2v) is 4.17. The van der Waals surface area contributed by atoms with E-state index in [9.17, 15) is 9.59 Å². The van der Waals surface area contributed by atoms with Gasteiger partial charge < -0.3 is 10.4 Å². The van der Waals surface area contributed by atoms with E-state index in [2.05, 4.69) is 5.32 Å². The third-order valence-electron chi connectivity index (χ3n) is 2.73. The molecule has 4 nitrogen and oxygen atoms in total. The lowest BCUT2D eigenvalue weighted by Gasteiger charge is -2.16. The smallest absolute Gasteiger partial charge is 0.326 e. The number of carboxylic acids is 1. The van der Waals surface area contributed by atoms with Gasteiger partial charge in [0.15, 0.2) is 0 Å². The zero-order valence-corrected chi connectivity index (χ0v) is 10.3. The van der Waals surface area contributed by atoms with Crippen molar-refractivity contribution in [3.63, 3.8) is 0 Å². The summed E-state index contributed by atoms with van der Waals surface area (Å²) in [5.41, 5.74) is 3.07. The maximum absolute atomic E-state index is 11.0. The Morgan fingerprint density at radius 1 is 1.29 bits per heavy atom. The minimum Gasteiger partial charge on any atom is -0.480 e. The molecule has 1 aromatic rings. The van der Waals surface area contributed by atoms with Crippen LogP contribution in [0.15, 0.2) is 18.2 Å². The maximum atomic E-state index is 11.0. The predicted octanol–water partition coefficient (Wildman–Crippen LogP) is 1.44. The van der Waals surface area contributed by atoms with E-state index in [4.69, 9.17) is 5.11 Å². The normalized spacial score (nSPS) is 11.9. The van der Waals surface area contributed by atoms with Gasteiger partial charge in [-0.1, -0.05) is 18.2 Å². The molecule has 17 heavy (non-hydrogen) atoms. The number of carbonyl (C=O) groups excluding carboxylic acids is 1. The molecule has 0 spiro atoms. The monoisotopic (exact) mass is 235 g/mol. The SMILES string of the molecule is CC(=O)N[C@H](Cc1c(C)cccc1C)C(=O)O. The van der Waals surface area contributed by atoms with Crippen LogP contribution in [0.4, 0.5) is 0 Å². The van der Waals surface area contributed by atoms with Crippen molar-refractivity contribution in [2.24, 2.45) is 0 Å². The first kappa shape index (κ1) is 13.2. The molecule has 0 bridgehead atoms. The highest BCUT2D eigenvalue weighted by Gasteiger charge is 2.20. The van der Waals surface area contributed by atoms with E-state index in [0.29, 0.717) is 6.42 Å². The largest absolute Gasteiger partial charge is 0.480 e. The van der Waals surface area contributed by atoms with Crippen molar-refractivity contribution >= 4 is 11.9 Å². The van der Waals surface area contributed by atoms with Crippen molar-refractivity contribution in [2.75, 3.05) is 0 Å². The van der Waals surface area contributed by atoms with Crippen molar-refractivity contribution in [2.45, 2.75) is 33.2 Å². The zero-order chi connectivity index (χ0) is 13.0. The topological polar surface area (TPSA) is 66.4 Å². The number of nitrogens with one attached hydrogen (secondary N) is 1. The van der Waals surface area contributed by atoms with Crippen LogP contribution in [0.1, 0.15) is 23.6 Å². The van der Waals surface area contributed by atoms with Gasteiger partial charge in [-0.15, -0.1) is 0 Å². The molecule has 0 aromatic heterocycles. The molecule has 2 N–H and O–H groups in total. The molecule has 1 rings (SSSR count). The van der Waals surface area contributed by atoms with E-state index < -0.39 is 12.0 Å². The first-order valence-corrected chi connectivity index (χ1v) is 5.47. The van der Waals surface area contributed by atoms with Crippen molar-refractivity contribution in [3.8, 4) is 0 Å². The van der Waals surface area contributed by atoms with Crippen LogP contribution in [0.5, 0.6) is 0 Å². The Kier molecular flexibility index (Phi) is 4.26. The van der Waals surface area contributed by atoms with Gasteiger partial charge in [0.2, 0.25) is 5.91 Å². The lowest BCUT2D eigenvalue weighted by Crippen LogP contribution is -2.41. The number of carbonyl (C=O) groups is 2. The number of rotatable bonds is 4. The Bertz CT molecular complexity index is 420. The third-order valence-corrected chi connectivity index (χ3v) is 2.73. The third kappa shape index (κ3) is 3.59. The summed E-state index contributed by atoms with van der Waals surface area (Å²) in [6, 6.07) is 4.94. The number of aryl methyl sites for hydroxylation is 2. The number of amides is 1. The van der Waals surface area contributed by atoms with Crippen LogP contribution in [0.3, 0.4) is 0 Å². The molecule has 0 fully saturated rings. The number of benzene rings is 1. The molecule has 0 aliphatic rings. The molecular weight excluding hydrogens is 218 g/mol. The van der Waals surface area contributed by atoms with E-state index in [1.165, 1.54) is 6.92 Å². The fourth-order valence-electron chi connectivity index (χ4n) is 1.82. The predicted molar refractivity (Wildman–Crippen MR) is 64.9 cm³/mol. The fourth-order valence-corrected chi connectivity index (χ4v) is 1.82. The Balaban J connectivity index is 2.93. The minimum absolute atomic E-state index is 0.313. The van der Waals surface area contributed by atoms with Crippen molar-refractivity contribution in [3.05, 3.63) is 34.9 Å². The minimum atomic E-state index is -1.01. The van der Waals surface area contributed by atoms with Gasteiger partial charge >= 0.3 is 5.97 Å². The molecule has 0 aliphatic carbocycles. The van der Waals surface area contributed by atoms with Crippen molar-refractivity contribution < 1.29 is 14.7 Å². The number of aliphatic carboxylic acids is 1. The summed E-state index contributed by atoms with van der Waals surface area (Å²) >= 11 is 0. The van der Waals surface area contributed by atoms with E-state index in [-0.39, 0.29) is 5.91 Å². The molecule has 1 amide bonds. The van der Waals surface area contributed by atoms with Gasteiger partial charge in [-0.3, -0.25) is 4.79 Å². The second-order valence-electron chi connectivity index (χ2n) is 4.17. The molecule has 0 heterocycles. The van der Waals surface area contributed by atoms with Crippen LogP contribution < -0.4 is 5.32 Å². The molecular formula is C13H17NO3. The Morgan fingerprint density at radius 3 is 2.24 bits per heavy atom. The van der Waals surface area contributed by atoms with E-state index in [1.54, 1.807) is 0 Å². The van der Waals surface area contributed by atoms with Crippen LogP contribution >= 0.6 is 0 Å². The van der Waals surface area contributed by atoms with Crippen LogP contribution in [-0.2, 0) is 16.0 Å². The van der Waals surface area contributed by atoms with E-state index >= 15 is 0 Å². The zero-order valence-electron chi connectivity index (χ0n) is 10.3. The van der Waals surface area contributed by atoms with Crippen LogP contribution in [0.2, 0.25) is 0 Å². The Labute approximate surface area is 101 Å². The summed E-state index contributed by atoms with van der Waals surface area (Å²) in [6.07, 6.45) is 0.313. The maximum Gasteiger partial charge on any atom is 0.326 e. The average molecular weight is 235 g/mol. The average Bonchev–Trinajstić information content (AvgIpc) is 2.21. The molecule has 4 heteroatoms. The highest BCUT2D eigenvalue weighted by molar-refractivity contribution is 5.82. The van der Waals surface area contributed by atoms with E-state index in [0.717, 1.165) is 16.7 Å². The summed E-state index contributed by atoms with van der Waals surface area (Å²) in [6.45, 7) is 5.20. The molecule has 0 unspecified atom stereocenters. The van der Waals surface area contributed by atoms with Gasteiger partial charge in [0.25, 0.3) is 0 Å². The van der Waals surface area contributed by atoms with Gasteiger partial charge in [0.1, 0.15) is 6.04 Å². The van der Waals surface area contributed by atoms with Crippen LogP contribution in [-0.4, -0.2) is 23.0 Å². The molecule has 1 aromatic carbocycles. The molecule has 92 valence electrons. The van der Waals surface area contributed by atoms with Gasteiger partial charge in [-0.2, -0.15) is 0 Å². The first-order chi connectivity index (χ1) is 7.91. The van der Waals surface area contributed by atoms with Gasteiger partial charge in [-0.25, -0.2) is 4.79 Å². The Morgan fingerprint density at radius 2 is 1.82 bits per heavy atom. The number of hydrogen-bond donors (Lipinski definition) is 2. The number of carboxylic acid groups (broad SMARTS) is 1.